The topological polar surface area (TPSA) is 108 Å². The number of fused-ring (bicyclic) bond motifs is 1. The van der Waals surface area contributed by atoms with Gasteiger partial charge in [0.15, 0.2) is 0 Å². The Balaban J connectivity index is 1.82. The van der Waals surface area contributed by atoms with Crippen LogP contribution in [0.4, 0.5) is 4.79 Å². The van der Waals surface area contributed by atoms with Gasteiger partial charge in [-0.3, -0.25) is 19.3 Å². The highest BCUT2D eigenvalue weighted by Gasteiger charge is 2.35. The first kappa shape index (κ1) is 16.6. The number of rotatable bonds is 6. The molecule has 0 aromatic carbocycles. The second kappa shape index (κ2) is 7.48. The zero-order chi connectivity index (χ0) is 16.8. The molecule has 0 fully saturated rings. The number of carbonyl (C=O) groups is 4. The average Bonchev–Trinajstić information content (AvgIpc) is 2.51. The zero-order valence-electron chi connectivity index (χ0n) is 12.7. The number of amides is 5. The molecule has 0 spiro atoms. The van der Waals surface area contributed by atoms with Crippen molar-refractivity contribution in [3.05, 3.63) is 24.3 Å². The molecule has 0 radical (unpaired) electrons. The third kappa shape index (κ3) is 4.35. The Bertz CT molecular complexity index is 621. The number of urea groups is 1. The van der Waals surface area contributed by atoms with Gasteiger partial charge in [0.2, 0.25) is 17.7 Å². The number of imide groups is 1. The first-order valence-electron chi connectivity index (χ1n) is 7.29. The minimum absolute atomic E-state index is 0.00528. The summed E-state index contributed by atoms with van der Waals surface area (Å²) in [7, 11) is 0. The van der Waals surface area contributed by atoms with Gasteiger partial charge in [-0.05, 0) is 6.08 Å². The molecule has 0 aromatic heterocycles. The van der Waals surface area contributed by atoms with Gasteiger partial charge in [0.05, 0.1) is 11.6 Å². The number of allylic oxidation sites excluding steroid dienone is 3. The third-order valence-electron chi connectivity index (χ3n) is 3.37. The van der Waals surface area contributed by atoms with Gasteiger partial charge in [-0.15, -0.1) is 0 Å². The second-order valence-corrected chi connectivity index (χ2v) is 5.11. The van der Waals surface area contributed by atoms with Crippen LogP contribution in [0.1, 0.15) is 13.3 Å². The van der Waals surface area contributed by atoms with E-state index in [4.69, 9.17) is 0 Å². The molecule has 5 amide bonds. The number of aliphatic imine (C=N–C) groups is 1. The Morgan fingerprint density at radius 3 is 2.70 bits per heavy atom. The highest BCUT2D eigenvalue weighted by atomic mass is 16.2. The molecule has 2 N–H and O–H groups in total. The van der Waals surface area contributed by atoms with Crippen LogP contribution in [-0.2, 0) is 14.4 Å². The van der Waals surface area contributed by atoms with Gasteiger partial charge >= 0.3 is 6.03 Å². The summed E-state index contributed by atoms with van der Waals surface area (Å²) in [6, 6.07) is -0.646. The summed E-state index contributed by atoms with van der Waals surface area (Å²) in [6.07, 6.45) is 6.74. The number of hydrogen-bond acceptors (Lipinski definition) is 4. The van der Waals surface area contributed by atoms with E-state index in [1.807, 2.05) is 0 Å². The molecule has 122 valence electrons. The number of hydrogen-bond donors (Lipinski definition) is 2. The molecule has 1 unspecified atom stereocenters. The highest BCUT2D eigenvalue weighted by molar-refractivity contribution is 6.21. The van der Waals surface area contributed by atoms with Gasteiger partial charge < -0.3 is 10.6 Å². The lowest BCUT2D eigenvalue weighted by Crippen LogP contribution is -2.47. The fraction of sp³-hybridized carbons (Fsp3) is 0.400. The molecule has 8 heteroatoms. The van der Waals surface area contributed by atoms with Crippen molar-refractivity contribution in [2.45, 2.75) is 13.3 Å². The minimum Gasteiger partial charge on any atom is -0.355 e. The van der Waals surface area contributed by atoms with Gasteiger partial charge in [-0.1, -0.05) is 18.2 Å². The largest absolute Gasteiger partial charge is 0.355 e. The number of nitrogens with one attached hydrogen (secondary N) is 2. The van der Waals surface area contributed by atoms with Crippen molar-refractivity contribution >= 4 is 29.5 Å². The van der Waals surface area contributed by atoms with Crippen LogP contribution in [0.25, 0.3) is 0 Å². The SMILES string of the molecule is CC(=O)NCCNC(=O)CCN1C(=O)N=C2C=CC=CC2C1=O. The summed E-state index contributed by atoms with van der Waals surface area (Å²) in [4.78, 5) is 51.4. The van der Waals surface area contributed by atoms with E-state index in [0.717, 1.165) is 4.90 Å². The van der Waals surface area contributed by atoms with Gasteiger partial charge in [-0.25, -0.2) is 4.79 Å². The maximum absolute atomic E-state index is 12.3. The van der Waals surface area contributed by atoms with Crippen LogP contribution in [-0.4, -0.2) is 54.0 Å². The van der Waals surface area contributed by atoms with E-state index in [1.165, 1.54) is 6.92 Å². The van der Waals surface area contributed by atoms with Crippen molar-refractivity contribution in [3.8, 4) is 0 Å². The monoisotopic (exact) mass is 318 g/mol. The van der Waals surface area contributed by atoms with Crippen LogP contribution < -0.4 is 10.6 Å². The van der Waals surface area contributed by atoms with Crippen LogP contribution in [0, 0.1) is 5.92 Å². The number of carbonyl (C=O) groups excluding carboxylic acids is 4. The van der Waals surface area contributed by atoms with Crippen molar-refractivity contribution in [1.82, 2.24) is 15.5 Å². The Hall–Kier alpha value is -2.77. The van der Waals surface area contributed by atoms with Gasteiger partial charge in [0.1, 0.15) is 0 Å². The lowest BCUT2D eigenvalue weighted by molar-refractivity contribution is -0.130. The smallest absolute Gasteiger partial charge is 0.350 e. The second-order valence-electron chi connectivity index (χ2n) is 5.11. The van der Waals surface area contributed by atoms with Crippen LogP contribution in [0.2, 0.25) is 0 Å². The van der Waals surface area contributed by atoms with Crippen molar-refractivity contribution < 1.29 is 19.2 Å². The maximum atomic E-state index is 12.3. The van der Waals surface area contributed by atoms with E-state index >= 15 is 0 Å². The fourth-order valence-electron chi connectivity index (χ4n) is 2.23. The van der Waals surface area contributed by atoms with E-state index < -0.39 is 11.9 Å². The van der Waals surface area contributed by atoms with Crippen molar-refractivity contribution in [2.24, 2.45) is 10.9 Å². The van der Waals surface area contributed by atoms with E-state index in [2.05, 4.69) is 15.6 Å². The van der Waals surface area contributed by atoms with Crippen LogP contribution in [0.5, 0.6) is 0 Å². The maximum Gasteiger partial charge on any atom is 0.350 e. The summed E-state index contributed by atoms with van der Waals surface area (Å²) in [5.74, 6) is -1.40. The molecule has 8 nitrogen and oxygen atoms in total. The third-order valence-corrected chi connectivity index (χ3v) is 3.37. The molecule has 1 aliphatic heterocycles. The lowest BCUT2D eigenvalue weighted by Gasteiger charge is -2.28. The quantitative estimate of drug-likeness (QED) is 0.660. The summed E-state index contributed by atoms with van der Waals surface area (Å²) >= 11 is 0. The van der Waals surface area contributed by atoms with Crippen LogP contribution in [0.15, 0.2) is 29.3 Å². The number of nitrogens with zero attached hydrogens (tertiary/aromatic N) is 2. The predicted molar refractivity (Wildman–Crippen MR) is 82.6 cm³/mol. The van der Waals surface area contributed by atoms with Crippen molar-refractivity contribution in [3.63, 3.8) is 0 Å². The molecule has 0 saturated heterocycles. The van der Waals surface area contributed by atoms with Crippen molar-refractivity contribution in [2.75, 3.05) is 19.6 Å². The minimum atomic E-state index is -0.646. The summed E-state index contributed by atoms with van der Waals surface area (Å²) in [5.41, 5.74) is 0.429. The molecule has 0 aromatic rings. The Labute approximate surface area is 133 Å². The van der Waals surface area contributed by atoms with Gasteiger partial charge in [0.25, 0.3) is 0 Å². The Morgan fingerprint density at radius 2 is 1.96 bits per heavy atom. The molecule has 0 saturated carbocycles. The standard InChI is InChI=1S/C15H18N4O4/c1-10(20)16-7-8-17-13(21)6-9-19-14(22)11-4-2-3-5-12(11)18-15(19)23/h2-5,11H,6-9H2,1H3,(H,16,20)(H,17,21). The normalized spacial score (nSPS) is 19.3. The van der Waals surface area contributed by atoms with Crippen molar-refractivity contribution in [1.29, 1.82) is 0 Å². The highest BCUT2D eigenvalue weighted by Crippen LogP contribution is 2.19. The van der Waals surface area contributed by atoms with E-state index in [0.29, 0.717) is 18.8 Å². The summed E-state index contributed by atoms with van der Waals surface area (Å²) in [6.45, 7) is 1.99. The first-order chi connectivity index (χ1) is 11.0. The molecule has 1 aliphatic carbocycles. The van der Waals surface area contributed by atoms with Gasteiger partial charge in [0, 0.05) is 33.0 Å². The molecule has 2 rings (SSSR count). The van der Waals surface area contributed by atoms with Crippen LogP contribution >= 0.6 is 0 Å². The molecule has 23 heavy (non-hydrogen) atoms. The molecule has 2 aliphatic rings. The van der Waals surface area contributed by atoms with Gasteiger partial charge in [-0.2, -0.15) is 4.99 Å². The summed E-state index contributed by atoms with van der Waals surface area (Å²) in [5, 5.41) is 5.15. The zero-order valence-corrected chi connectivity index (χ0v) is 12.7. The van der Waals surface area contributed by atoms with E-state index in [9.17, 15) is 19.2 Å². The molecular weight excluding hydrogens is 300 g/mol. The Kier molecular flexibility index (Phi) is 5.40. The predicted octanol–water partition coefficient (Wildman–Crippen LogP) is -0.226. The van der Waals surface area contributed by atoms with E-state index in [1.54, 1.807) is 24.3 Å². The van der Waals surface area contributed by atoms with Crippen LogP contribution in [0.3, 0.4) is 0 Å². The fourth-order valence-corrected chi connectivity index (χ4v) is 2.23. The molecular formula is C15H18N4O4. The molecule has 1 atom stereocenters. The lowest BCUT2D eigenvalue weighted by atomic mass is 9.95. The average molecular weight is 318 g/mol. The summed E-state index contributed by atoms with van der Waals surface area (Å²) < 4.78 is 0. The Morgan fingerprint density at radius 1 is 1.22 bits per heavy atom. The molecule has 1 heterocycles. The molecule has 0 bridgehead atoms. The first-order valence-corrected chi connectivity index (χ1v) is 7.29. The van der Waals surface area contributed by atoms with E-state index in [-0.39, 0.29) is 30.7 Å².